The van der Waals surface area contributed by atoms with E-state index in [-0.39, 0.29) is 18.5 Å². The summed E-state index contributed by atoms with van der Waals surface area (Å²) in [6, 6.07) is 7.13. The Morgan fingerprint density at radius 1 is 1.40 bits per heavy atom. The van der Waals surface area contributed by atoms with Crippen LogP contribution in [0.3, 0.4) is 0 Å². The van der Waals surface area contributed by atoms with Gasteiger partial charge in [-0.3, -0.25) is 14.5 Å². The van der Waals surface area contributed by atoms with Crippen LogP contribution in [0, 0.1) is 0 Å². The summed E-state index contributed by atoms with van der Waals surface area (Å²) in [6.45, 7) is 1.29. The molecule has 6 heteroatoms. The van der Waals surface area contributed by atoms with Gasteiger partial charge in [0, 0.05) is 25.8 Å². The second kappa shape index (κ2) is 5.92. The minimum Gasteiger partial charge on any atom is -0.399 e. The molecule has 2 rings (SSSR count). The lowest BCUT2D eigenvalue weighted by Crippen LogP contribution is -2.44. The fraction of sp³-hybridized carbons (Fsp3) is 0.429. The number of likely N-dealkylation sites (tertiary alicyclic amines) is 1. The lowest BCUT2D eigenvalue weighted by atomic mass is 10.1. The van der Waals surface area contributed by atoms with Crippen molar-refractivity contribution in [2.24, 2.45) is 5.73 Å². The predicted octanol–water partition coefficient (Wildman–Crippen LogP) is -0.213. The lowest BCUT2D eigenvalue weighted by Gasteiger charge is -2.26. The molecule has 1 aromatic rings. The van der Waals surface area contributed by atoms with Crippen molar-refractivity contribution < 1.29 is 9.59 Å². The highest BCUT2D eigenvalue weighted by molar-refractivity contribution is 5.84. The van der Waals surface area contributed by atoms with Gasteiger partial charge in [-0.05, 0) is 24.1 Å². The highest BCUT2D eigenvalue weighted by atomic mass is 16.2. The molecule has 4 N–H and O–H groups in total. The van der Waals surface area contributed by atoms with Gasteiger partial charge >= 0.3 is 0 Å². The Morgan fingerprint density at radius 3 is 2.55 bits per heavy atom. The molecule has 1 saturated heterocycles. The van der Waals surface area contributed by atoms with Gasteiger partial charge < -0.3 is 16.4 Å². The van der Waals surface area contributed by atoms with Crippen molar-refractivity contribution in [2.45, 2.75) is 19.0 Å². The number of primary amides is 1. The quantitative estimate of drug-likeness (QED) is 0.728. The molecule has 1 aliphatic heterocycles. The number of nitrogens with two attached hydrogens (primary N) is 2. The zero-order valence-electron chi connectivity index (χ0n) is 11.6. The monoisotopic (exact) mass is 276 g/mol. The Balaban J connectivity index is 2.13. The minimum absolute atomic E-state index is 0.0432. The third-order valence-electron chi connectivity index (χ3n) is 3.56. The number of anilines is 1. The number of nitrogens with zero attached hydrogens (tertiary/aromatic N) is 2. The number of rotatable bonds is 5. The first-order chi connectivity index (χ1) is 9.47. The molecule has 1 unspecified atom stereocenters. The van der Waals surface area contributed by atoms with E-state index in [2.05, 4.69) is 0 Å². The first-order valence-corrected chi connectivity index (χ1v) is 6.59. The van der Waals surface area contributed by atoms with Crippen LogP contribution < -0.4 is 11.5 Å². The first-order valence-electron chi connectivity index (χ1n) is 6.59. The number of carbonyl (C=O) groups is 2. The summed E-state index contributed by atoms with van der Waals surface area (Å²) < 4.78 is 0. The molecule has 1 atom stereocenters. The van der Waals surface area contributed by atoms with Crippen molar-refractivity contribution in [1.82, 2.24) is 9.80 Å². The zero-order chi connectivity index (χ0) is 14.7. The van der Waals surface area contributed by atoms with Crippen molar-refractivity contribution in [3.05, 3.63) is 29.8 Å². The molecular weight excluding hydrogens is 256 g/mol. The summed E-state index contributed by atoms with van der Waals surface area (Å²) in [4.78, 5) is 26.8. The third kappa shape index (κ3) is 3.27. The van der Waals surface area contributed by atoms with Crippen molar-refractivity contribution >= 4 is 17.5 Å². The summed E-state index contributed by atoms with van der Waals surface area (Å²) in [7, 11) is 1.77. The topological polar surface area (TPSA) is 92.7 Å². The fourth-order valence-electron chi connectivity index (χ4n) is 2.48. The summed E-state index contributed by atoms with van der Waals surface area (Å²) in [5.74, 6) is -0.385. The third-order valence-corrected chi connectivity index (χ3v) is 3.56. The number of hydrogen-bond acceptors (Lipinski definition) is 4. The largest absolute Gasteiger partial charge is 0.399 e. The highest BCUT2D eigenvalue weighted by Crippen LogP contribution is 2.18. The molecule has 0 aliphatic carbocycles. The van der Waals surface area contributed by atoms with Gasteiger partial charge in [0.1, 0.15) is 0 Å². The van der Waals surface area contributed by atoms with Gasteiger partial charge in [-0.25, -0.2) is 0 Å². The van der Waals surface area contributed by atoms with Gasteiger partial charge in [-0.15, -0.1) is 0 Å². The number of hydrogen-bond donors (Lipinski definition) is 2. The number of likely N-dealkylation sites (N-methyl/N-ethyl adjacent to an activating group) is 1. The van der Waals surface area contributed by atoms with E-state index in [1.807, 2.05) is 17.0 Å². The van der Waals surface area contributed by atoms with Crippen molar-refractivity contribution in [2.75, 3.05) is 25.9 Å². The summed E-state index contributed by atoms with van der Waals surface area (Å²) in [6.07, 6.45) is 0.720. The normalized spacial score (nSPS) is 18.8. The van der Waals surface area contributed by atoms with E-state index in [1.165, 1.54) is 0 Å². The van der Waals surface area contributed by atoms with E-state index in [9.17, 15) is 9.59 Å². The smallest absolute Gasteiger partial charge is 0.239 e. The second-order valence-electron chi connectivity index (χ2n) is 5.18. The minimum atomic E-state index is -0.428. The van der Waals surface area contributed by atoms with Crippen LogP contribution in [0.1, 0.15) is 12.0 Å². The van der Waals surface area contributed by atoms with Crippen LogP contribution in [0.5, 0.6) is 0 Å². The van der Waals surface area contributed by atoms with Gasteiger partial charge in [0.2, 0.25) is 11.8 Å². The van der Waals surface area contributed by atoms with Gasteiger partial charge in [0.05, 0.1) is 12.6 Å². The highest BCUT2D eigenvalue weighted by Gasteiger charge is 2.34. The summed E-state index contributed by atoms with van der Waals surface area (Å²) in [5.41, 5.74) is 12.6. The van der Waals surface area contributed by atoms with Gasteiger partial charge in [-0.2, -0.15) is 0 Å². The number of nitrogen functional groups attached to an aromatic ring is 1. The first kappa shape index (κ1) is 14.3. The average molecular weight is 276 g/mol. The maximum absolute atomic E-state index is 12.1. The van der Waals surface area contributed by atoms with E-state index in [1.54, 1.807) is 24.1 Å². The molecule has 20 heavy (non-hydrogen) atoms. The van der Waals surface area contributed by atoms with E-state index < -0.39 is 5.91 Å². The van der Waals surface area contributed by atoms with Crippen molar-refractivity contribution in [3.63, 3.8) is 0 Å². The van der Waals surface area contributed by atoms with E-state index in [0.717, 1.165) is 12.0 Å². The Hall–Kier alpha value is -2.08. The predicted molar refractivity (Wildman–Crippen MR) is 76.5 cm³/mol. The SMILES string of the molecule is CN1CCC(N(CC(N)=O)Cc2ccc(N)cc2)C1=O. The Bertz CT molecular complexity index is 500. The van der Waals surface area contributed by atoms with E-state index >= 15 is 0 Å². The molecule has 0 bridgehead atoms. The fourth-order valence-corrected chi connectivity index (χ4v) is 2.48. The molecule has 0 saturated carbocycles. The molecule has 1 aliphatic rings. The van der Waals surface area contributed by atoms with Crippen LogP contribution in [-0.2, 0) is 16.1 Å². The zero-order valence-corrected chi connectivity index (χ0v) is 11.6. The number of carbonyl (C=O) groups excluding carboxylic acids is 2. The van der Waals surface area contributed by atoms with Gasteiger partial charge in [0.15, 0.2) is 0 Å². The summed E-state index contributed by atoms with van der Waals surface area (Å²) >= 11 is 0. The molecule has 6 nitrogen and oxygen atoms in total. The Morgan fingerprint density at radius 2 is 2.05 bits per heavy atom. The average Bonchev–Trinajstić information content (AvgIpc) is 2.71. The second-order valence-corrected chi connectivity index (χ2v) is 5.18. The van der Waals surface area contributed by atoms with Crippen molar-refractivity contribution in [1.29, 1.82) is 0 Å². The van der Waals surface area contributed by atoms with E-state index in [0.29, 0.717) is 18.8 Å². The molecule has 0 aromatic heterocycles. The van der Waals surface area contributed by atoms with Gasteiger partial charge in [0.25, 0.3) is 0 Å². The lowest BCUT2D eigenvalue weighted by molar-refractivity contribution is -0.132. The molecule has 2 amide bonds. The maximum Gasteiger partial charge on any atom is 0.239 e. The molecule has 1 aromatic carbocycles. The van der Waals surface area contributed by atoms with Gasteiger partial charge in [-0.1, -0.05) is 12.1 Å². The molecule has 0 spiro atoms. The van der Waals surface area contributed by atoms with Crippen LogP contribution in [0.4, 0.5) is 5.69 Å². The Kier molecular flexibility index (Phi) is 4.24. The van der Waals surface area contributed by atoms with Crippen LogP contribution in [0.25, 0.3) is 0 Å². The molecule has 108 valence electrons. The van der Waals surface area contributed by atoms with Crippen molar-refractivity contribution in [3.8, 4) is 0 Å². The number of benzene rings is 1. The molecule has 1 heterocycles. The van der Waals surface area contributed by atoms with E-state index in [4.69, 9.17) is 11.5 Å². The summed E-state index contributed by atoms with van der Waals surface area (Å²) in [5, 5.41) is 0. The molecule has 0 radical (unpaired) electrons. The number of amides is 2. The Labute approximate surface area is 118 Å². The van der Waals surface area contributed by atoms with Crippen LogP contribution in [0.2, 0.25) is 0 Å². The maximum atomic E-state index is 12.1. The van der Waals surface area contributed by atoms with Crippen LogP contribution in [0.15, 0.2) is 24.3 Å². The van der Waals surface area contributed by atoms with Crippen LogP contribution in [-0.4, -0.2) is 47.8 Å². The van der Waals surface area contributed by atoms with Crippen LogP contribution >= 0.6 is 0 Å². The molecular formula is C14H20N4O2. The molecule has 1 fully saturated rings. The standard InChI is InChI=1S/C14H20N4O2/c1-17-7-6-12(14(17)20)18(9-13(16)19)8-10-2-4-11(15)5-3-10/h2-5,12H,6-9,15H2,1H3,(H2,16,19).